The summed E-state index contributed by atoms with van der Waals surface area (Å²) in [5.41, 5.74) is 8.59. The van der Waals surface area contributed by atoms with Gasteiger partial charge in [-0.05, 0) is 60.1 Å². The zero-order chi connectivity index (χ0) is 45.6. The van der Waals surface area contributed by atoms with Crippen molar-refractivity contribution in [3.63, 3.8) is 0 Å². The Balaban J connectivity index is 1.58. The highest BCUT2D eigenvalue weighted by molar-refractivity contribution is 5.92. The third-order valence-corrected chi connectivity index (χ3v) is 10.9. The monoisotopic (exact) mass is 850 g/mol. The molecule has 0 aliphatic rings. The van der Waals surface area contributed by atoms with E-state index in [1.807, 2.05) is 124 Å². The van der Waals surface area contributed by atoms with E-state index in [0.717, 1.165) is 27.5 Å². The first-order valence-corrected chi connectivity index (χ1v) is 21.5. The van der Waals surface area contributed by atoms with Gasteiger partial charge in [0.05, 0.1) is 18.7 Å². The number of carbonyl (C=O) groups is 5. The van der Waals surface area contributed by atoms with Crippen LogP contribution in [-0.4, -0.2) is 83.3 Å². The van der Waals surface area contributed by atoms with Gasteiger partial charge < -0.3 is 42.2 Å². The number of fused-ring (bicyclic) bond motifs is 1. The number of hydrogen-bond acceptors (Lipinski definition) is 8. The Bertz CT molecular complexity index is 2080. The van der Waals surface area contributed by atoms with E-state index in [2.05, 4.69) is 26.6 Å². The predicted octanol–water partition coefficient (Wildman–Crippen LogP) is 5.28. The van der Waals surface area contributed by atoms with Crippen molar-refractivity contribution >= 4 is 40.5 Å². The number of benzene rings is 4. The number of nitrogens with one attached hydrogen (secondary N) is 5. The topological polar surface area (TPSA) is 201 Å². The minimum atomic E-state index is -1.07. The molecule has 0 spiro atoms. The highest BCUT2D eigenvalue weighted by atomic mass is 16.6. The molecule has 7 atom stereocenters. The smallest absolute Gasteiger partial charge is 0.408 e. The normalized spacial score (nSPS) is 15.0. The lowest BCUT2D eigenvalue weighted by molar-refractivity contribution is -0.132. The Kier molecular flexibility index (Phi) is 18.0. The molecule has 62 heavy (non-hydrogen) atoms. The van der Waals surface area contributed by atoms with Gasteiger partial charge in [0.15, 0.2) is 0 Å². The summed E-state index contributed by atoms with van der Waals surface area (Å²) in [6, 6.07) is 26.8. The Hall–Kier alpha value is -5.79. The molecular formula is C49H66N6O7. The summed E-state index contributed by atoms with van der Waals surface area (Å²) in [6.07, 6.45) is -0.712. The minimum absolute atomic E-state index is 0.0643. The molecule has 0 heterocycles. The van der Waals surface area contributed by atoms with E-state index in [0.29, 0.717) is 0 Å². The number of nitrogens with two attached hydrogens (primary N) is 1. The molecule has 13 heteroatoms. The van der Waals surface area contributed by atoms with E-state index in [1.165, 1.54) is 0 Å². The molecule has 0 aromatic heterocycles. The van der Waals surface area contributed by atoms with Crippen molar-refractivity contribution in [2.45, 2.75) is 122 Å². The molecule has 8 N–H and O–H groups in total. The van der Waals surface area contributed by atoms with Crippen LogP contribution in [0.15, 0.2) is 103 Å². The summed E-state index contributed by atoms with van der Waals surface area (Å²) in [5.74, 6) is -2.91. The average molecular weight is 851 g/mol. The summed E-state index contributed by atoms with van der Waals surface area (Å²) < 4.78 is 5.46. The van der Waals surface area contributed by atoms with Crippen molar-refractivity contribution in [2.75, 3.05) is 6.61 Å². The number of amides is 5. The first-order valence-electron chi connectivity index (χ1n) is 21.5. The van der Waals surface area contributed by atoms with Crippen molar-refractivity contribution in [1.82, 2.24) is 26.6 Å². The van der Waals surface area contributed by atoms with Crippen molar-refractivity contribution < 1.29 is 33.8 Å². The maximum atomic E-state index is 14.3. The number of aliphatic hydroxyl groups excluding tert-OH is 1. The molecule has 0 fully saturated rings. The zero-order valence-electron chi connectivity index (χ0n) is 37.3. The van der Waals surface area contributed by atoms with Crippen LogP contribution < -0.4 is 32.3 Å². The highest BCUT2D eigenvalue weighted by Gasteiger charge is 2.35. The second-order valence-electron chi connectivity index (χ2n) is 17.7. The van der Waals surface area contributed by atoms with E-state index in [1.54, 1.807) is 34.6 Å². The van der Waals surface area contributed by atoms with Crippen molar-refractivity contribution in [2.24, 2.45) is 17.6 Å². The molecule has 0 radical (unpaired) electrons. The summed E-state index contributed by atoms with van der Waals surface area (Å²) in [6.45, 7) is 14.2. The van der Waals surface area contributed by atoms with Gasteiger partial charge in [-0.25, -0.2) is 4.79 Å². The maximum Gasteiger partial charge on any atom is 0.408 e. The molecule has 4 aromatic rings. The van der Waals surface area contributed by atoms with Gasteiger partial charge in [0.25, 0.3) is 0 Å². The molecule has 0 aliphatic carbocycles. The van der Waals surface area contributed by atoms with Crippen LogP contribution in [0.3, 0.4) is 0 Å². The zero-order valence-corrected chi connectivity index (χ0v) is 37.3. The number of aliphatic hydroxyl groups is 1. The molecule has 0 aliphatic heterocycles. The lowest BCUT2D eigenvalue weighted by Crippen LogP contribution is -2.60. The standard InChI is InChI=1S/C49H66N6O7/c1-30(2)41(29-56)52-45(58)40(27-36-24-17-23-35-22-15-16-25-37(35)36)51-42(57)28-38(50)44(32(5)34-20-13-10-14-21-34)55-47(60)43(31(3)4)54-46(59)39(26-33-18-11-9-12-19-33)53-48(61)62-49(6,7)8/h9-25,30-32,38-41,43-44,56H,26-29,50H2,1-8H3,(H,51,57)(H,52,58)(H,53,61)(H,54,59)(H,55,60)/t32-,38+,39+,40?,41-,43+,44+/m1/s1. The van der Waals surface area contributed by atoms with Gasteiger partial charge in [-0.15, -0.1) is 0 Å². The van der Waals surface area contributed by atoms with Crippen LogP contribution in [-0.2, 0) is 36.8 Å². The van der Waals surface area contributed by atoms with Crippen LogP contribution in [0.2, 0.25) is 0 Å². The van der Waals surface area contributed by atoms with E-state index >= 15 is 0 Å². The van der Waals surface area contributed by atoms with E-state index in [4.69, 9.17) is 10.5 Å². The maximum absolute atomic E-state index is 14.3. The van der Waals surface area contributed by atoms with E-state index in [-0.39, 0.29) is 31.8 Å². The SMILES string of the molecule is CC(C)[C@H](NC(=O)[C@H](Cc1ccccc1)NC(=O)OC(C)(C)C)C(=O)N[C@@H]([C@H](C)c1ccccc1)[C@@H](N)CC(=O)NC(Cc1cccc2ccccc12)C(=O)N[C@H](CO)C(C)C. The van der Waals surface area contributed by atoms with Gasteiger partial charge in [0.1, 0.15) is 23.7 Å². The molecule has 1 unspecified atom stereocenters. The molecule has 334 valence electrons. The van der Waals surface area contributed by atoms with Crippen LogP contribution in [0.1, 0.15) is 84.4 Å². The van der Waals surface area contributed by atoms with Crippen LogP contribution in [0, 0.1) is 11.8 Å². The number of alkyl carbamates (subject to hydrolysis) is 1. The number of ether oxygens (including phenoxy) is 1. The van der Waals surface area contributed by atoms with Crippen LogP contribution >= 0.6 is 0 Å². The predicted molar refractivity (Wildman–Crippen MR) is 243 cm³/mol. The van der Waals surface area contributed by atoms with Gasteiger partial charge in [-0.1, -0.05) is 138 Å². The molecule has 0 bridgehead atoms. The minimum Gasteiger partial charge on any atom is -0.444 e. The first kappa shape index (κ1) is 48.9. The lowest BCUT2D eigenvalue weighted by Gasteiger charge is -2.33. The fourth-order valence-corrected chi connectivity index (χ4v) is 7.32. The van der Waals surface area contributed by atoms with E-state index < -0.39 is 83.4 Å². The third kappa shape index (κ3) is 14.7. The average Bonchev–Trinajstić information content (AvgIpc) is 3.22. The third-order valence-electron chi connectivity index (χ3n) is 10.9. The number of hydrogen-bond donors (Lipinski definition) is 7. The Morgan fingerprint density at radius 3 is 1.84 bits per heavy atom. The summed E-state index contributed by atoms with van der Waals surface area (Å²) in [7, 11) is 0. The summed E-state index contributed by atoms with van der Waals surface area (Å²) >= 11 is 0. The second-order valence-corrected chi connectivity index (χ2v) is 17.7. The Morgan fingerprint density at radius 1 is 0.645 bits per heavy atom. The second kappa shape index (κ2) is 22.9. The molecule has 0 saturated heterocycles. The molecule has 0 saturated carbocycles. The molecule has 5 amide bonds. The quantitative estimate of drug-likeness (QED) is 0.0623. The lowest BCUT2D eigenvalue weighted by atomic mass is 9.86. The summed E-state index contributed by atoms with van der Waals surface area (Å²) in [4.78, 5) is 69.1. The van der Waals surface area contributed by atoms with E-state index in [9.17, 15) is 29.1 Å². The van der Waals surface area contributed by atoms with Gasteiger partial charge >= 0.3 is 6.09 Å². The van der Waals surface area contributed by atoms with Gasteiger partial charge in [0.2, 0.25) is 23.6 Å². The summed E-state index contributed by atoms with van der Waals surface area (Å²) in [5, 5.41) is 26.4. The molecule has 4 rings (SSSR count). The van der Waals surface area contributed by atoms with Crippen LogP contribution in [0.4, 0.5) is 4.79 Å². The van der Waals surface area contributed by atoms with Crippen LogP contribution in [0.25, 0.3) is 10.8 Å². The van der Waals surface area contributed by atoms with Gasteiger partial charge in [-0.3, -0.25) is 19.2 Å². The van der Waals surface area contributed by atoms with Gasteiger partial charge in [-0.2, -0.15) is 0 Å². The first-order chi connectivity index (χ1) is 29.4. The largest absolute Gasteiger partial charge is 0.444 e. The number of carbonyl (C=O) groups excluding carboxylic acids is 5. The molecule has 13 nitrogen and oxygen atoms in total. The molecular weight excluding hydrogens is 785 g/mol. The van der Waals surface area contributed by atoms with Crippen molar-refractivity contribution in [3.8, 4) is 0 Å². The van der Waals surface area contributed by atoms with Crippen LogP contribution in [0.5, 0.6) is 0 Å². The van der Waals surface area contributed by atoms with Gasteiger partial charge in [0, 0.05) is 31.2 Å². The molecule has 4 aromatic carbocycles. The number of rotatable bonds is 20. The fourth-order valence-electron chi connectivity index (χ4n) is 7.32. The Labute approximate surface area is 366 Å². The van der Waals surface area contributed by atoms with Crippen molar-refractivity contribution in [3.05, 3.63) is 120 Å². The van der Waals surface area contributed by atoms with Crippen molar-refractivity contribution in [1.29, 1.82) is 0 Å². The highest BCUT2D eigenvalue weighted by Crippen LogP contribution is 2.24. The Morgan fingerprint density at radius 2 is 1.23 bits per heavy atom. The fraction of sp³-hybridized carbons (Fsp3) is 0.449.